The number of nitrogens with zero attached hydrogens (tertiary/aromatic N) is 1. The van der Waals surface area contributed by atoms with Crippen molar-refractivity contribution in [2.24, 2.45) is 16.6 Å². The Kier molecular flexibility index (Phi) is 5.35. The van der Waals surface area contributed by atoms with Crippen LogP contribution in [0.5, 0.6) is 0 Å². The molecule has 0 aromatic heterocycles. The number of rotatable bonds is 5. The average molecular weight is 209 g/mol. The largest absolute Gasteiger partial charge is 0.369 e. The van der Waals surface area contributed by atoms with Crippen LogP contribution in [0.2, 0.25) is 0 Å². The quantitative estimate of drug-likeness (QED) is 0.133. The van der Waals surface area contributed by atoms with Crippen LogP contribution in [0.25, 0.3) is 0 Å². The highest BCUT2D eigenvalue weighted by Crippen LogP contribution is 1.81. The second-order valence-electron chi connectivity index (χ2n) is 2.43. The first kappa shape index (κ1) is 12.1. The molecule has 0 aliphatic heterocycles. The van der Waals surface area contributed by atoms with Gasteiger partial charge in [0, 0.05) is 13.1 Å². The number of sulfonamides is 1. The molecule has 0 radical (unpaired) electrons. The molecule has 13 heavy (non-hydrogen) atoms. The normalized spacial score (nSPS) is 12.9. The van der Waals surface area contributed by atoms with E-state index in [0.717, 1.165) is 6.26 Å². The molecule has 8 heteroatoms. The summed E-state index contributed by atoms with van der Waals surface area (Å²) < 4.78 is 23.5. The Labute approximate surface area is 77.6 Å². The summed E-state index contributed by atoms with van der Waals surface area (Å²) in [7, 11) is -3.10. The van der Waals surface area contributed by atoms with E-state index in [1.54, 1.807) is 0 Å². The van der Waals surface area contributed by atoms with Crippen molar-refractivity contribution in [3.8, 4) is 0 Å². The van der Waals surface area contributed by atoms with Crippen LogP contribution in [0.3, 0.4) is 0 Å². The molecule has 0 unspecified atom stereocenters. The number of hydrogen-bond donors (Lipinski definition) is 4. The van der Waals surface area contributed by atoms with Crippen molar-refractivity contribution in [3.63, 3.8) is 0 Å². The molecule has 78 valence electrons. The lowest BCUT2D eigenvalue weighted by Crippen LogP contribution is -2.37. The van der Waals surface area contributed by atoms with Crippen LogP contribution in [-0.4, -0.2) is 33.7 Å². The van der Waals surface area contributed by atoms with Gasteiger partial charge in [-0.05, 0) is 6.42 Å². The summed E-state index contributed by atoms with van der Waals surface area (Å²) in [5, 5.41) is 0. The number of aliphatic imine (C=N–C) groups is 1. The van der Waals surface area contributed by atoms with Gasteiger partial charge in [-0.1, -0.05) is 0 Å². The fourth-order valence-electron chi connectivity index (χ4n) is 0.582. The van der Waals surface area contributed by atoms with Crippen molar-refractivity contribution in [2.45, 2.75) is 6.42 Å². The Balaban J connectivity index is 3.48. The van der Waals surface area contributed by atoms with Gasteiger partial charge < -0.3 is 5.73 Å². The van der Waals surface area contributed by atoms with Crippen LogP contribution in [0.1, 0.15) is 6.42 Å². The molecule has 0 aromatic rings. The lowest BCUT2D eigenvalue weighted by Gasteiger charge is -2.00. The van der Waals surface area contributed by atoms with Crippen molar-refractivity contribution in [3.05, 3.63) is 0 Å². The van der Waals surface area contributed by atoms with E-state index in [0.29, 0.717) is 19.5 Å². The number of nitrogens with two attached hydrogens (primary N) is 2. The number of hydrazine groups is 1. The Hall–Kier alpha value is -0.860. The lowest BCUT2D eigenvalue weighted by atomic mass is 10.4. The molecular weight excluding hydrogens is 194 g/mol. The van der Waals surface area contributed by atoms with Crippen LogP contribution in [0.15, 0.2) is 4.99 Å². The summed E-state index contributed by atoms with van der Waals surface area (Å²) in [4.78, 5) is 3.79. The minimum atomic E-state index is -3.10. The van der Waals surface area contributed by atoms with E-state index in [1.165, 1.54) is 0 Å². The maximum Gasteiger partial charge on any atom is 0.208 e. The molecule has 0 aliphatic rings. The second kappa shape index (κ2) is 5.73. The van der Waals surface area contributed by atoms with E-state index in [4.69, 9.17) is 11.6 Å². The first-order valence-electron chi connectivity index (χ1n) is 3.67. The van der Waals surface area contributed by atoms with Gasteiger partial charge in [-0.15, -0.1) is 0 Å². The Morgan fingerprint density at radius 2 is 2.15 bits per heavy atom. The highest BCUT2D eigenvalue weighted by atomic mass is 32.2. The highest BCUT2D eigenvalue weighted by Gasteiger charge is 1.97. The number of guanidine groups is 1. The van der Waals surface area contributed by atoms with Gasteiger partial charge in [-0.3, -0.25) is 10.4 Å². The molecular formula is C5H15N5O2S. The van der Waals surface area contributed by atoms with E-state index in [9.17, 15) is 8.42 Å². The minimum absolute atomic E-state index is 0.138. The molecule has 0 fully saturated rings. The lowest BCUT2D eigenvalue weighted by molar-refractivity contribution is 0.586. The van der Waals surface area contributed by atoms with Gasteiger partial charge >= 0.3 is 0 Å². The van der Waals surface area contributed by atoms with Gasteiger partial charge in [-0.2, -0.15) is 0 Å². The monoisotopic (exact) mass is 209 g/mol. The van der Waals surface area contributed by atoms with Gasteiger partial charge in [0.25, 0.3) is 0 Å². The van der Waals surface area contributed by atoms with Gasteiger partial charge in [0.15, 0.2) is 0 Å². The molecule has 0 aromatic carbocycles. The van der Waals surface area contributed by atoms with Crippen molar-refractivity contribution in [1.29, 1.82) is 0 Å². The number of nitrogens with one attached hydrogen (secondary N) is 2. The molecule has 0 bridgehead atoms. The Morgan fingerprint density at radius 3 is 2.62 bits per heavy atom. The number of hydrogen-bond acceptors (Lipinski definition) is 4. The Morgan fingerprint density at radius 1 is 1.54 bits per heavy atom. The van der Waals surface area contributed by atoms with Crippen LogP contribution in [0, 0.1) is 0 Å². The molecule has 0 saturated carbocycles. The van der Waals surface area contributed by atoms with E-state index in [-0.39, 0.29) is 5.96 Å². The minimum Gasteiger partial charge on any atom is -0.369 e. The zero-order chi connectivity index (χ0) is 10.3. The average Bonchev–Trinajstić information content (AvgIpc) is 2.01. The summed E-state index contributed by atoms with van der Waals surface area (Å²) in [6.07, 6.45) is 1.68. The van der Waals surface area contributed by atoms with Crippen LogP contribution >= 0.6 is 0 Å². The molecule has 0 spiro atoms. The van der Waals surface area contributed by atoms with Crippen molar-refractivity contribution in [2.75, 3.05) is 19.3 Å². The molecule has 0 saturated heterocycles. The van der Waals surface area contributed by atoms with Crippen molar-refractivity contribution in [1.82, 2.24) is 10.1 Å². The van der Waals surface area contributed by atoms with Crippen molar-refractivity contribution >= 4 is 16.0 Å². The fourth-order valence-corrected chi connectivity index (χ4v) is 1.10. The third-order valence-electron chi connectivity index (χ3n) is 1.13. The van der Waals surface area contributed by atoms with E-state index >= 15 is 0 Å². The predicted octanol–water partition coefficient (Wildman–Crippen LogP) is -2.30. The van der Waals surface area contributed by atoms with Crippen LogP contribution < -0.4 is 21.7 Å². The SMILES string of the molecule is CS(=O)(=O)NCCCN=C(N)NN. The smallest absolute Gasteiger partial charge is 0.208 e. The summed E-state index contributed by atoms with van der Waals surface area (Å²) in [5.41, 5.74) is 7.38. The maximum atomic E-state index is 10.6. The predicted molar refractivity (Wildman–Crippen MR) is 51.3 cm³/mol. The van der Waals surface area contributed by atoms with Gasteiger partial charge in [0.1, 0.15) is 0 Å². The second-order valence-corrected chi connectivity index (χ2v) is 4.26. The van der Waals surface area contributed by atoms with Gasteiger partial charge in [0.05, 0.1) is 6.26 Å². The molecule has 7 nitrogen and oxygen atoms in total. The molecule has 0 heterocycles. The zero-order valence-electron chi connectivity index (χ0n) is 7.45. The van der Waals surface area contributed by atoms with Crippen LogP contribution in [-0.2, 0) is 10.0 Å². The molecule has 6 N–H and O–H groups in total. The van der Waals surface area contributed by atoms with Crippen molar-refractivity contribution < 1.29 is 8.42 Å². The standard InChI is InChI=1S/C5H15N5O2S/c1-13(11,12)9-4-2-3-8-5(6)10-7/h9H,2-4,7H2,1H3,(H3,6,8,10). The zero-order valence-corrected chi connectivity index (χ0v) is 8.26. The fraction of sp³-hybridized carbons (Fsp3) is 0.800. The third-order valence-corrected chi connectivity index (χ3v) is 1.86. The van der Waals surface area contributed by atoms with Crippen LogP contribution in [0.4, 0.5) is 0 Å². The van der Waals surface area contributed by atoms with E-state index < -0.39 is 10.0 Å². The maximum absolute atomic E-state index is 10.6. The third kappa shape index (κ3) is 9.05. The Bertz CT molecular complexity index is 260. The molecule has 0 amide bonds. The molecule has 0 rings (SSSR count). The molecule has 0 atom stereocenters. The summed E-state index contributed by atoms with van der Waals surface area (Å²) >= 11 is 0. The van der Waals surface area contributed by atoms with E-state index in [2.05, 4.69) is 15.1 Å². The summed E-state index contributed by atoms with van der Waals surface area (Å²) in [6, 6.07) is 0. The topological polar surface area (TPSA) is 123 Å². The summed E-state index contributed by atoms with van der Waals surface area (Å²) in [6.45, 7) is 0.777. The summed E-state index contributed by atoms with van der Waals surface area (Å²) in [5.74, 6) is 5.08. The first-order chi connectivity index (χ1) is 5.95. The first-order valence-corrected chi connectivity index (χ1v) is 5.56. The van der Waals surface area contributed by atoms with E-state index in [1.807, 2.05) is 0 Å². The molecule has 0 aliphatic carbocycles. The van der Waals surface area contributed by atoms with Gasteiger partial charge in [0.2, 0.25) is 16.0 Å². The van der Waals surface area contributed by atoms with Gasteiger partial charge in [-0.25, -0.2) is 19.0 Å². The highest BCUT2D eigenvalue weighted by molar-refractivity contribution is 7.88.